The van der Waals surface area contributed by atoms with E-state index in [4.69, 9.17) is 21.1 Å². The summed E-state index contributed by atoms with van der Waals surface area (Å²) in [6.07, 6.45) is 2.39. The van der Waals surface area contributed by atoms with Crippen LogP contribution < -0.4 is 11.9 Å². The van der Waals surface area contributed by atoms with Crippen LogP contribution >= 0.6 is 12.4 Å². The van der Waals surface area contributed by atoms with Gasteiger partial charge in [0.05, 0.1) is 5.09 Å². The van der Waals surface area contributed by atoms with Crippen molar-refractivity contribution in [2.75, 3.05) is 6.54 Å². The molecule has 0 aliphatic heterocycles. The average Bonchev–Trinajstić information content (AvgIpc) is 1.66. The van der Waals surface area contributed by atoms with Crippen LogP contribution in [0.3, 0.4) is 0 Å². The van der Waals surface area contributed by atoms with Gasteiger partial charge in [-0.1, -0.05) is 13.3 Å². The van der Waals surface area contributed by atoms with E-state index < -0.39 is 5.09 Å². The Hall–Kier alpha value is -0.590. The monoisotopic (exact) mass is 189 g/mol. The Morgan fingerprint density at radius 2 is 1.73 bits per heavy atom. The van der Waals surface area contributed by atoms with Crippen LogP contribution in [0, 0.1) is 15.3 Å². The molecule has 6 nitrogen and oxygen atoms in total. The van der Waals surface area contributed by atoms with Gasteiger partial charge in [0, 0.05) is 0 Å². The predicted molar refractivity (Wildman–Crippen MR) is 47.6 cm³/mol. The van der Waals surface area contributed by atoms with Crippen LogP contribution in [0.4, 0.5) is 0 Å². The van der Waals surface area contributed by atoms with E-state index in [1.54, 1.807) is 0 Å². The molecule has 0 aromatic rings. The highest BCUT2D eigenvalue weighted by Gasteiger charge is 1.67. The lowest BCUT2D eigenvalue weighted by molar-refractivity contribution is -0.402. The Morgan fingerprint density at radius 1 is 1.45 bits per heavy atom. The minimum Gasteiger partial charge on any atom is -0.369 e. The van der Waals surface area contributed by atoms with Gasteiger partial charge in [-0.05, 0) is 13.0 Å². The zero-order valence-corrected chi connectivity index (χ0v) is 7.60. The van der Waals surface area contributed by atoms with E-state index in [0.29, 0.717) is 0 Å². The third-order valence-electron chi connectivity index (χ3n) is 0.558. The lowest BCUT2D eigenvalue weighted by atomic mass is 10.3. The van der Waals surface area contributed by atoms with Crippen molar-refractivity contribution < 1.29 is 5.09 Å². The van der Waals surface area contributed by atoms with Crippen molar-refractivity contribution >= 4 is 12.4 Å². The zero-order valence-electron chi connectivity index (χ0n) is 6.78. The first kappa shape index (κ1) is 22.4. The maximum atomic E-state index is 8.25. The van der Waals surface area contributed by atoms with Crippen LogP contribution in [0.2, 0.25) is 0 Å². The second-order valence-corrected chi connectivity index (χ2v) is 1.37. The third-order valence-corrected chi connectivity index (χ3v) is 0.558. The number of rotatable bonds is 2. The molecule has 11 heavy (non-hydrogen) atoms. The van der Waals surface area contributed by atoms with Crippen molar-refractivity contribution in [1.82, 2.24) is 6.15 Å². The molecule has 0 aliphatic carbocycles. The second-order valence-electron chi connectivity index (χ2n) is 1.37. The number of unbranched alkanes of at least 4 members (excludes halogenated alkanes) is 1. The number of quaternary nitrogens is 1. The summed E-state index contributed by atoms with van der Waals surface area (Å²) in [5.74, 6) is 0. The summed E-state index contributed by atoms with van der Waals surface area (Å²) < 4.78 is 0. The van der Waals surface area contributed by atoms with Gasteiger partial charge in [-0.15, -0.1) is 12.4 Å². The van der Waals surface area contributed by atoms with Gasteiger partial charge >= 0.3 is 0 Å². The van der Waals surface area contributed by atoms with E-state index in [0.717, 1.165) is 6.54 Å². The van der Waals surface area contributed by atoms with Crippen molar-refractivity contribution in [3.8, 4) is 0 Å². The van der Waals surface area contributed by atoms with Crippen LogP contribution in [-0.4, -0.2) is 11.6 Å². The zero-order chi connectivity index (χ0) is 7.70. The molecular formula is C4H16ClN3O3. The van der Waals surface area contributed by atoms with Crippen molar-refractivity contribution in [2.24, 2.45) is 5.73 Å². The fourth-order valence-electron chi connectivity index (χ4n) is 0.204. The molecule has 0 amide bonds. The fourth-order valence-corrected chi connectivity index (χ4v) is 0.204. The molecule has 0 aromatic carbocycles. The van der Waals surface area contributed by atoms with Gasteiger partial charge < -0.3 is 27.2 Å². The smallest absolute Gasteiger partial charge is 0.0689 e. The van der Waals surface area contributed by atoms with E-state index in [2.05, 4.69) is 6.92 Å². The van der Waals surface area contributed by atoms with Crippen LogP contribution in [0.15, 0.2) is 0 Å². The quantitative estimate of drug-likeness (QED) is 0.501. The summed E-state index contributed by atoms with van der Waals surface area (Å²) in [4.78, 5) is 8.25. The Bertz CT molecular complexity index is 67.6. The van der Waals surface area contributed by atoms with Crippen molar-refractivity contribution in [2.45, 2.75) is 19.8 Å². The molecule has 0 fully saturated rings. The van der Waals surface area contributed by atoms with Crippen molar-refractivity contribution in [1.29, 1.82) is 0 Å². The first-order valence-corrected chi connectivity index (χ1v) is 2.66. The van der Waals surface area contributed by atoms with E-state index in [1.807, 2.05) is 0 Å². The topological polar surface area (TPSA) is 129 Å². The molecule has 0 bridgehead atoms. The molecule has 0 radical (unpaired) electrons. The van der Waals surface area contributed by atoms with Gasteiger partial charge in [-0.2, -0.15) is 0 Å². The molecule has 0 rings (SSSR count). The largest absolute Gasteiger partial charge is 0.369 e. The number of nitrogens with zero attached hydrogens (tertiary/aromatic N) is 1. The summed E-state index contributed by atoms with van der Waals surface area (Å²) in [6, 6.07) is 0. The van der Waals surface area contributed by atoms with E-state index >= 15 is 0 Å². The molecule has 0 unspecified atom stereocenters. The van der Waals surface area contributed by atoms with Crippen molar-refractivity contribution in [3.63, 3.8) is 0 Å². The normalized spacial score (nSPS) is 6.00. The fraction of sp³-hybridized carbons (Fsp3) is 1.00. The van der Waals surface area contributed by atoms with E-state index in [9.17, 15) is 0 Å². The SMILES string of the molecule is CCCCN.Cl.O=[N+]([O-])[O-].[NH4+]. The number of halogens is 1. The Morgan fingerprint density at radius 3 is 1.73 bits per heavy atom. The highest BCUT2D eigenvalue weighted by molar-refractivity contribution is 5.85. The maximum Gasteiger partial charge on any atom is 0.0689 e. The lowest BCUT2D eigenvalue weighted by Crippen LogP contribution is -1.95. The standard InChI is InChI=1S/C4H11N.ClH.NO3.H3N/c1-2-3-4-5;;2-1(3)4;/h2-5H2,1H3;1H;;1H3/q;;-1;/p+1. The maximum absolute atomic E-state index is 8.25. The number of hydrogen-bond donors (Lipinski definition) is 2. The number of hydrogen-bond acceptors (Lipinski definition) is 4. The van der Waals surface area contributed by atoms with Crippen LogP contribution in [0.1, 0.15) is 19.8 Å². The predicted octanol–water partition coefficient (Wildman–Crippen LogP) is 1.30. The molecule has 6 N–H and O–H groups in total. The third kappa shape index (κ3) is 260. The van der Waals surface area contributed by atoms with E-state index in [1.165, 1.54) is 12.8 Å². The molecule has 0 spiro atoms. The van der Waals surface area contributed by atoms with Gasteiger partial charge in [0.2, 0.25) is 0 Å². The molecule has 0 aliphatic rings. The van der Waals surface area contributed by atoms with Crippen molar-refractivity contribution in [3.05, 3.63) is 15.3 Å². The first-order chi connectivity index (χ1) is 4.15. The lowest BCUT2D eigenvalue weighted by Gasteiger charge is -1.80. The summed E-state index contributed by atoms with van der Waals surface area (Å²) in [5, 5.41) is 14.8. The average molecular weight is 190 g/mol. The summed E-state index contributed by atoms with van der Waals surface area (Å²) in [7, 11) is 0. The Kier molecular flexibility index (Phi) is 46.4. The van der Waals surface area contributed by atoms with Gasteiger partial charge in [-0.3, -0.25) is 0 Å². The number of nitrogens with two attached hydrogens (primary N) is 1. The molecular weight excluding hydrogens is 174 g/mol. The van der Waals surface area contributed by atoms with Crippen LogP contribution in [0.5, 0.6) is 0 Å². The summed E-state index contributed by atoms with van der Waals surface area (Å²) >= 11 is 0. The molecule has 72 valence electrons. The van der Waals surface area contributed by atoms with E-state index in [-0.39, 0.29) is 18.6 Å². The van der Waals surface area contributed by atoms with Crippen LogP contribution in [0.25, 0.3) is 0 Å². The Balaban J connectivity index is -0.0000000383. The summed E-state index contributed by atoms with van der Waals surface area (Å²) in [6.45, 7) is 2.98. The molecule has 0 aromatic heterocycles. The van der Waals surface area contributed by atoms with Crippen LogP contribution in [-0.2, 0) is 0 Å². The van der Waals surface area contributed by atoms with Gasteiger partial charge in [0.1, 0.15) is 0 Å². The molecule has 0 saturated heterocycles. The summed E-state index contributed by atoms with van der Waals surface area (Å²) in [5.41, 5.74) is 5.14. The minimum atomic E-state index is -1.75. The van der Waals surface area contributed by atoms with Gasteiger partial charge in [0.25, 0.3) is 0 Å². The molecule has 0 atom stereocenters. The molecule has 7 heteroatoms. The minimum absolute atomic E-state index is 0. The molecule has 0 saturated carbocycles. The highest BCUT2D eigenvalue weighted by atomic mass is 35.5. The molecule has 0 heterocycles. The highest BCUT2D eigenvalue weighted by Crippen LogP contribution is 1.77. The first-order valence-electron chi connectivity index (χ1n) is 2.66. The van der Waals surface area contributed by atoms with Gasteiger partial charge in [0.15, 0.2) is 0 Å². The van der Waals surface area contributed by atoms with Gasteiger partial charge in [-0.25, -0.2) is 0 Å². The second kappa shape index (κ2) is 22.7. The Labute approximate surface area is 71.9 Å².